The first-order valence-electron chi connectivity index (χ1n) is 9.91. The molecule has 1 fully saturated rings. The number of nitrogens with zero attached hydrogens (tertiary/aromatic N) is 3. The van der Waals surface area contributed by atoms with Gasteiger partial charge in [0, 0.05) is 29.7 Å². The van der Waals surface area contributed by atoms with Crippen LogP contribution in [0.3, 0.4) is 0 Å². The molecule has 1 aromatic heterocycles. The topological polar surface area (TPSA) is 101 Å². The number of hydrogen-bond acceptors (Lipinski definition) is 7. The van der Waals surface area contributed by atoms with Crippen LogP contribution in [0.15, 0.2) is 53.4 Å². The van der Waals surface area contributed by atoms with E-state index >= 15 is 0 Å². The van der Waals surface area contributed by atoms with Crippen molar-refractivity contribution in [2.75, 3.05) is 25.5 Å². The van der Waals surface area contributed by atoms with Crippen LogP contribution in [0.25, 0.3) is 0 Å². The Balaban J connectivity index is 1.46. The fourth-order valence-corrected chi connectivity index (χ4v) is 5.98. The highest BCUT2D eigenvalue weighted by molar-refractivity contribution is 7.89. The summed E-state index contributed by atoms with van der Waals surface area (Å²) in [6.45, 7) is 0.732. The number of piperidine rings is 1. The zero-order valence-electron chi connectivity index (χ0n) is 17.2. The molecule has 0 aliphatic carbocycles. The third-order valence-corrected chi connectivity index (χ3v) is 8.38. The van der Waals surface area contributed by atoms with Crippen molar-refractivity contribution in [2.45, 2.75) is 23.7 Å². The van der Waals surface area contributed by atoms with Gasteiger partial charge >= 0.3 is 0 Å². The Hall–Kier alpha value is -2.53. The van der Waals surface area contributed by atoms with E-state index in [1.54, 1.807) is 48.5 Å². The maximum Gasteiger partial charge on any atom is 0.286 e. The summed E-state index contributed by atoms with van der Waals surface area (Å²) in [6.07, 6.45) is 1.48. The lowest BCUT2D eigenvalue weighted by molar-refractivity contribution is 0.102. The van der Waals surface area contributed by atoms with Crippen LogP contribution >= 0.6 is 22.9 Å². The Bertz CT molecular complexity index is 1200. The SMILES string of the molecule is COc1ccc(S(=O)(=O)N2CCCC(c3nnc(C(=O)Nc4ccc(Cl)cc4)s3)C2)cc1. The Kier molecular flexibility index (Phi) is 6.75. The molecule has 0 saturated carbocycles. The van der Waals surface area contributed by atoms with Crippen molar-refractivity contribution in [3.63, 3.8) is 0 Å². The molecule has 1 aliphatic rings. The third kappa shape index (κ3) is 4.93. The molecule has 0 bridgehead atoms. The molecule has 168 valence electrons. The number of benzene rings is 2. The Morgan fingerprint density at radius 1 is 1.16 bits per heavy atom. The third-order valence-electron chi connectivity index (χ3n) is 5.17. The zero-order chi connectivity index (χ0) is 22.7. The van der Waals surface area contributed by atoms with Crippen LogP contribution in [-0.2, 0) is 10.0 Å². The molecule has 8 nitrogen and oxygen atoms in total. The minimum absolute atomic E-state index is 0.119. The summed E-state index contributed by atoms with van der Waals surface area (Å²) in [6, 6.07) is 13.1. The van der Waals surface area contributed by atoms with Gasteiger partial charge in [0.05, 0.1) is 12.0 Å². The first kappa shape index (κ1) is 22.7. The van der Waals surface area contributed by atoms with Crippen LogP contribution in [0.1, 0.15) is 33.6 Å². The molecule has 1 amide bonds. The van der Waals surface area contributed by atoms with Gasteiger partial charge in [-0.2, -0.15) is 4.31 Å². The first-order valence-corrected chi connectivity index (χ1v) is 12.5. The summed E-state index contributed by atoms with van der Waals surface area (Å²) in [5.74, 6) is 0.111. The summed E-state index contributed by atoms with van der Waals surface area (Å²) in [5, 5.41) is 12.4. The molecule has 2 aromatic carbocycles. The maximum atomic E-state index is 13.1. The molecule has 1 aliphatic heterocycles. The Labute approximate surface area is 195 Å². The second kappa shape index (κ2) is 9.53. The van der Waals surface area contributed by atoms with Crippen LogP contribution in [0, 0.1) is 0 Å². The summed E-state index contributed by atoms with van der Waals surface area (Å²) >= 11 is 7.05. The van der Waals surface area contributed by atoms with E-state index in [1.165, 1.54) is 22.8 Å². The fourth-order valence-electron chi connectivity index (χ4n) is 3.47. The average molecular weight is 493 g/mol. The summed E-state index contributed by atoms with van der Waals surface area (Å²) in [7, 11) is -2.11. The normalized spacial score (nSPS) is 17.1. The number of anilines is 1. The number of sulfonamides is 1. The second-order valence-corrected chi connectivity index (χ2v) is 10.7. The Morgan fingerprint density at radius 3 is 2.56 bits per heavy atom. The van der Waals surface area contributed by atoms with E-state index in [1.807, 2.05) is 0 Å². The first-order chi connectivity index (χ1) is 15.4. The van der Waals surface area contributed by atoms with Crippen LogP contribution < -0.4 is 10.1 Å². The van der Waals surface area contributed by atoms with E-state index in [0.29, 0.717) is 41.0 Å². The van der Waals surface area contributed by atoms with E-state index in [4.69, 9.17) is 16.3 Å². The number of carbonyl (C=O) groups excluding carboxylic acids is 1. The van der Waals surface area contributed by atoms with Crippen molar-refractivity contribution < 1.29 is 17.9 Å². The summed E-state index contributed by atoms with van der Waals surface area (Å²) < 4.78 is 32.7. The van der Waals surface area contributed by atoms with Gasteiger partial charge in [0.15, 0.2) is 0 Å². The molecule has 1 unspecified atom stereocenters. The molecule has 2 heterocycles. The predicted octanol–water partition coefficient (Wildman–Crippen LogP) is 4.02. The van der Waals surface area contributed by atoms with Gasteiger partial charge in [-0.25, -0.2) is 8.42 Å². The predicted molar refractivity (Wildman–Crippen MR) is 123 cm³/mol. The van der Waals surface area contributed by atoms with E-state index < -0.39 is 10.0 Å². The molecule has 3 aromatic rings. The number of hydrogen-bond donors (Lipinski definition) is 1. The standard InChI is InChI=1S/C21H21ClN4O4S2/c1-30-17-8-10-18(11-9-17)32(28,29)26-12-2-3-14(13-26)20-24-25-21(31-20)19(27)23-16-6-4-15(22)5-7-16/h4-11,14H,2-3,12-13H2,1H3,(H,23,27). The van der Waals surface area contributed by atoms with Crippen molar-refractivity contribution in [1.29, 1.82) is 0 Å². The number of nitrogens with one attached hydrogen (secondary N) is 1. The van der Waals surface area contributed by atoms with Crippen molar-refractivity contribution in [1.82, 2.24) is 14.5 Å². The van der Waals surface area contributed by atoms with E-state index in [0.717, 1.165) is 6.42 Å². The highest BCUT2D eigenvalue weighted by atomic mass is 35.5. The number of carbonyl (C=O) groups is 1. The Morgan fingerprint density at radius 2 is 1.88 bits per heavy atom. The maximum absolute atomic E-state index is 13.1. The van der Waals surface area contributed by atoms with Crippen molar-refractivity contribution in [3.05, 3.63) is 63.6 Å². The number of methoxy groups -OCH3 is 1. The molecule has 0 radical (unpaired) electrons. The van der Waals surface area contributed by atoms with E-state index in [-0.39, 0.29) is 21.7 Å². The largest absolute Gasteiger partial charge is 0.497 e. The van der Waals surface area contributed by atoms with Gasteiger partial charge in [0.25, 0.3) is 5.91 Å². The smallest absolute Gasteiger partial charge is 0.286 e. The van der Waals surface area contributed by atoms with Crippen molar-refractivity contribution >= 4 is 44.6 Å². The van der Waals surface area contributed by atoms with E-state index in [2.05, 4.69) is 15.5 Å². The number of rotatable bonds is 6. The zero-order valence-corrected chi connectivity index (χ0v) is 19.6. The average Bonchev–Trinajstić information content (AvgIpc) is 3.31. The number of ether oxygens (including phenoxy) is 1. The molecule has 11 heteroatoms. The monoisotopic (exact) mass is 492 g/mol. The van der Waals surface area contributed by atoms with Gasteiger partial charge in [0.1, 0.15) is 10.8 Å². The lowest BCUT2D eigenvalue weighted by atomic mass is 10.0. The molecule has 1 N–H and O–H groups in total. The van der Waals surface area contributed by atoms with Crippen molar-refractivity contribution in [3.8, 4) is 5.75 Å². The molecular weight excluding hydrogens is 472 g/mol. The quantitative estimate of drug-likeness (QED) is 0.557. The fraction of sp³-hybridized carbons (Fsp3) is 0.286. The van der Waals surface area contributed by atoms with Gasteiger partial charge in [-0.05, 0) is 61.4 Å². The lowest BCUT2D eigenvalue weighted by Gasteiger charge is -2.30. The molecule has 32 heavy (non-hydrogen) atoms. The lowest BCUT2D eigenvalue weighted by Crippen LogP contribution is -2.39. The molecule has 4 rings (SSSR count). The highest BCUT2D eigenvalue weighted by Crippen LogP contribution is 2.32. The molecular formula is C21H21ClN4O4S2. The van der Waals surface area contributed by atoms with Gasteiger partial charge in [-0.1, -0.05) is 22.9 Å². The van der Waals surface area contributed by atoms with Crippen molar-refractivity contribution in [2.24, 2.45) is 0 Å². The minimum Gasteiger partial charge on any atom is -0.497 e. The summed E-state index contributed by atoms with van der Waals surface area (Å²) in [4.78, 5) is 12.7. The van der Waals surface area contributed by atoms with Gasteiger partial charge in [-0.3, -0.25) is 4.79 Å². The molecule has 1 saturated heterocycles. The van der Waals surface area contributed by atoms with Gasteiger partial charge in [0.2, 0.25) is 15.0 Å². The van der Waals surface area contributed by atoms with Crippen LogP contribution in [0.4, 0.5) is 5.69 Å². The number of aromatic nitrogens is 2. The molecule has 0 spiro atoms. The van der Waals surface area contributed by atoms with Crippen LogP contribution in [0.5, 0.6) is 5.75 Å². The number of amides is 1. The van der Waals surface area contributed by atoms with Gasteiger partial charge in [-0.15, -0.1) is 10.2 Å². The van der Waals surface area contributed by atoms with E-state index in [9.17, 15) is 13.2 Å². The second-order valence-electron chi connectivity index (χ2n) is 7.28. The minimum atomic E-state index is -3.64. The van der Waals surface area contributed by atoms with Crippen LogP contribution in [0.2, 0.25) is 5.02 Å². The number of halogens is 1. The van der Waals surface area contributed by atoms with Gasteiger partial charge < -0.3 is 10.1 Å². The van der Waals surface area contributed by atoms with Crippen LogP contribution in [-0.4, -0.2) is 49.0 Å². The highest BCUT2D eigenvalue weighted by Gasteiger charge is 2.32. The summed E-state index contributed by atoms with van der Waals surface area (Å²) in [5.41, 5.74) is 0.602. The molecule has 1 atom stereocenters.